The number of carbonyl (C=O) groups is 1. The summed E-state index contributed by atoms with van der Waals surface area (Å²) in [5.74, 6) is 0.222. The number of aromatic amines is 1. The Morgan fingerprint density at radius 2 is 2.06 bits per heavy atom. The van der Waals surface area contributed by atoms with Crippen LogP contribution in [0.3, 0.4) is 0 Å². The van der Waals surface area contributed by atoms with Crippen LogP contribution in [0.15, 0.2) is 18.2 Å². The number of hydrogen-bond acceptors (Lipinski definition) is 1. The summed E-state index contributed by atoms with van der Waals surface area (Å²) >= 11 is 0. The third kappa shape index (κ3) is 2.20. The molecule has 2 rings (SSSR count). The lowest BCUT2D eigenvalue weighted by Crippen LogP contribution is -2.07. The molecule has 0 bridgehead atoms. The maximum Gasteiger partial charge on any atom is 0.181 e. The molecular weight excluding hydrogens is 222 g/mol. The quantitative estimate of drug-likeness (QED) is 0.799. The lowest BCUT2D eigenvalue weighted by Gasteiger charge is -2.05. The summed E-state index contributed by atoms with van der Waals surface area (Å²) < 4.78 is 0. The van der Waals surface area contributed by atoms with Crippen LogP contribution in [-0.2, 0) is 6.42 Å². The van der Waals surface area contributed by atoms with Crippen LogP contribution in [0, 0.1) is 12.8 Å². The molecule has 0 fully saturated rings. The van der Waals surface area contributed by atoms with E-state index in [-0.39, 0.29) is 11.7 Å². The Labute approximate surface area is 108 Å². The smallest absolute Gasteiger partial charge is 0.181 e. The van der Waals surface area contributed by atoms with Crippen molar-refractivity contribution in [1.82, 2.24) is 4.98 Å². The Kier molecular flexibility index (Phi) is 3.55. The highest BCUT2D eigenvalue weighted by molar-refractivity contribution is 6.01. The lowest BCUT2D eigenvalue weighted by molar-refractivity contribution is 0.0935. The van der Waals surface area contributed by atoms with Gasteiger partial charge in [0.25, 0.3) is 0 Å². The SMILES string of the molecule is CCCc1c(C)ccc2[nH]c(C(=O)C(C)C)cc12. The molecule has 1 heterocycles. The highest BCUT2D eigenvalue weighted by Crippen LogP contribution is 2.25. The van der Waals surface area contributed by atoms with Crippen LogP contribution in [0.25, 0.3) is 10.9 Å². The number of hydrogen-bond donors (Lipinski definition) is 1. The van der Waals surface area contributed by atoms with Crippen LogP contribution in [0.4, 0.5) is 0 Å². The first-order valence-electron chi connectivity index (χ1n) is 6.70. The number of carbonyl (C=O) groups excluding carboxylic acids is 1. The molecule has 18 heavy (non-hydrogen) atoms. The molecule has 0 radical (unpaired) electrons. The van der Waals surface area contributed by atoms with E-state index in [0.29, 0.717) is 0 Å². The van der Waals surface area contributed by atoms with Crippen LogP contribution in [0.2, 0.25) is 0 Å². The van der Waals surface area contributed by atoms with Crippen LogP contribution >= 0.6 is 0 Å². The molecule has 1 aromatic carbocycles. The molecule has 1 N–H and O–H groups in total. The zero-order valence-electron chi connectivity index (χ0n) is 11.6. The molecule has 0 aliphatic rings. The van der Waals surface area contributed by atoms with E-state index in [0.717, 1.165) is 24.1 Å². The van der Waals surface area contributed by atoms with E-state index in [1.165, 1.54) is 16.5 Å². The average Bonchev–Trinajstić information content (AvgIpc) is 2.76. The second kappa shape index (κ2) is 4.97. The van der Waals surface area contributed by atoms with Crippen LogP contribution in [0.5, 0.6) is 0 Å². The van der Waals surface area contributed by atoms with Crippen LogP contribution < -0.4 is 0 Å². The Hall–Kier alpha value is -1.57. The lowest BCUT2D eigenvalue weighted by atomic mass is 9.99. The molecule has 1 aromatic heterocycles. The Bertz CT molecular complexity index is 578. The number of ketones is 1. The zero-order chi connectivity index (χ0) is 13.3. The molecular formula is C16H21NO. The molecule has 2 nitrogen and oxygen atoms in total. The summed E-state index contributed by atoms with van der Waals surface area (Å²) in [6.45, 7) is 8.20. The standard InChI is InChI=1S/C16H21NO/c1-5-6-12-11(4)7-8-14-13(12)9-15(17-14)16(18)10(2)3/h7-10,17H,5-6H2,1-4H3. The summed E-state index contributed by atoms with van der Waals surface area (Å²) in [5, 5.41) is 1.21. The highest BCUT2D eigenvalue weighted by atomic mass is 16.1. The van der Waals surface area contributed by atoms with E-state index in [9.17, 15) is 4.79 Å². The molecule has 0 saturated carbocycles. The largest absolute Gasteiger partial charge is 0.352 e. The number of nitrogens with one attached hydrogen (secondary N) is 1. The molecule has 0 atom stereocenters. The molecule has 0 spiro atoms. The van der Waals surface area contributed by atoms with Crippen LogP contribution in [0.1, 0.15) is 48.8 Å². The fourth-order valence-corrected chi connectivity index (χ4v) is 2.40. The van der Waals surface area contributed by atoms with E-state index in [1.54, 1.807) is 0 Å². The van der Waals surface area contributed by atoms with Crippen molar-refractivity contribution >= 4 is 16.7 Å². The number of H-pyrrole nitrogens is 1. The minimum Gasteiger partial charge on any atom is -0.352 e. The van der Waals surface area contributed by atoms with Gasteiger partial charge in [0.05, 0.1) is 5.69 Å². The summed E-state index contributed by atoms with van der Waals surface area (Å²) in [4.78, 5) is 15.3. The third-order valence-electron chi connectivity index (χ3n) is 3.44. The number of fused-ring (bicyclic) bond motifs is 1. The van der Waals surface area contributed by atoms with Gasteiger partial charge >= 0.3 is 0 Å². The predicted molar refractivity (Wildman–Crippen MR) is 76.2 cm³/mol. The van der Waals surface area contributed by atoms with E-state index >= 15 is 0 Å². The molecule has 0 aliphatic heterocycles. The Morgan fingerprint density at radius 3 is 2.67 bits per heavy atom. The van der Waals surface area contributed by atoms with E-state index < -0.39 is 0 Å². The van der Waals surface area contributed by atoms with Gasteiger partial charge in [0, 0.05) is 16.8 Å². The van der Waals surface area contributed by atoms with Gasteiger partial charge in [-0.05, 0) is 36.6 Å². The maximum atomic E-state index is 12.0. The maximum absolute atomic E-state index is 12.0. The molecule has 0 saturated heterocycles. The van der Waals surface area contributed by atoms with Crippen molar-refractivity contribution in [2.45, 2.75) is 40.5 Å². The average molecular weight is 243 g/mol. The van der Waals surface area contributed by atoms with E-state index in [1.807, 2.05) is 19.9 Å². The van der Waals surface area contributed by atoms with Gasteiger partial charge in [-0.25, -0.2) is 0 Å². The predicted octanol–water partition coefficient (Wildman–Crippen LogP) is 4.27. The van der Waals surface area contributed by atoms with Gasteiger partial charge in [-0.15, -0.1) is 0 Å². The second-order valence-electron chi connectivity index (χ2n) is 5.27. The monoisotopic (exact) mass is 243 g/mol. The van der Waals surface area contributed by atoms with Crippen LogP contribution in [-0.4, -0.2) is 10.8 Å². The van der Waals surface area contributed by atoms with E-state index in [4.69, 9.17) is 0 Å². The first-order valence-corrected chi connectivity index (χ1v) is 6.70. The van der Waals surface area contributed by atoms with Gasteiger partial charge in [0.1, 0.15) is 0 Å². The van der Waals surface area contributed by atoms with Gasteiger partial charge in [0.15, 0.2) is 5.78 Å². The van der Waals surface area contributed by atoms with E-state index in [2.05, 4.69) is 31.0 Å². The topological polar surface area (TPSA) is 32.9 Å². The molecule has 0 unspecified atom stereocenters. The van der Waals surface area contributed by atoms with Crippen molar-refractivity contribution in [2.75, 3.05) is 0 Å². The van der Waals surface area contributed by atoms with Gasteiger partial charge < -0.3 is 4.98 Å². The van der Waals surface area contributed by atoms with Crippen molar-refractivity contribution < 1.29 is 4.79 Å². The van der Waals surface area contributed by atoms with Gasteiger partial charge in [0.2, 0.25) is 0 Å². The van der Waals surface area contributed by atoms with Gasteiger partial charge in [-0.1, -0.05) is 33.3 Å². The third-order valence-corrected chi connectivity index (χ3v) is 3.44. The fourth-order valence-electron chi connectivity index (χ4n) is 2.40. The summed E-state index contributed by atoms with van der Waals surface area (Å²) in [6.07, 6.45) is 2.19. The molecule has 2 heteroatoms. The normalized spacial score (nSPS) is 11.4. The number of benzene rings is 1. The second-order valence-corrected chi connectivity index (χ2v) is 5.27. The van der Waals surface area contributed by atoms with Gasteiger partial charge in [-0.3, -0.25) is 4.79 Å². The number of Topliss-reactive ketones (excluding diaryl/α,β-unsaturated/α-hetero) is 1. The summed E-state index contributed by atoms with van der Waals surface area (Å²) in [5.41, 5.74) is 4.50. The molecule has 2 aromatic rings. The zero-order valence-corrected chi connectivity index (χ0v) is 11.6. The van der Waals surface area contributed by atoms with Crippen molar-refractivity contribution in [2.24, 2.45) is 5.92 Å². The minimum absolute atomic E-state index is 0.0359. The molecule has 96 valence electrons. The first-order chi connectivity index (χ1) is 8.54. The Morgan fingerprint density at radius 1 is 1.33 bits per heavy atom. The van der Waals surface area contributed by atoms with Crippen molar-refractivity contribution in [3.63, 3.8) is 0 Å². The summed E-state index contributed by atoms with van der Waals surface area (Å²) in [6, 6.07) is 6.23. The number of rotatable bonds is 4. The molecule has 0 aliphatic carbocycles. The van der Waals surface area contributed by atoms with Crippen molar-refractivity contribution in [1.29, 1.82) is 0 Å². The fraction of sp³-hybridized carbons (Fsp3) is 0.438. The Balaban J connectivity index is 2.57. The van der Waals surface area contributed by atoms with Crippen molar-refractivity contribution in [3.8, 4) is 0 Å². The number of aromatic nitrogens is 1. The minimum atomic E-state index is 0.0359. The van der Waals surface area contributed by atoms with Gasteiger partial charge in [-0.2, -0.15) is 0 Å². The highest BCUT2D eigenvalue weighted by Gasteiger charge is 2.15. The summed E-state index contributed by atoms with van der Waals surface area (Å²) in [7, 11) is 0. The van der Waals surface area contributed by atoms with Crippen molar-refractivity contribution in [3.05, 3.63) is 35.0 Å². The first kappa shape index (κ1) is 12.9. The number of aryl methyl sites for hydroxylation is 2. The molecule has 0 amide bonds.